The molecule has 1 aromatic heterocycles. The second-order valence-electron chi connectivity index (χ2n) is 15.2. The zero-order valence-electron chi connectivity index (χ0n) is 32.3. The molecule has 1 saturated heterocycles. The second-order valence-corrected chi connectivity index (χ2v) is 16.1. The number of nitrogens with two attached hydrogens (primary N) is 1. The van der Waals surface area contributed by atoms with E-state index in [-0.39, 0.29) is 54.5 Å². The minimum atomic E-state index is -0.961. The van der Waals surface area contributed by atoms with Crippen molar-refractivity contribution >= 4 is 46.6 Å². The molecule has 0 aliphatic carbocycles. The first kappa shape index (κ1) is 42.6. The fraction of sp³-hybridized carbons (Fsp3) is 0.641. The molecule has 0 bridgehead atoms. The van der Waals surface area contributed by atoms with E-state index in [1.165, 1.54) is 18.3 Å². The summed E-state index contributed by atoms with van der Waals surface area (Å²) in [5.74, 6) is -3.24. The molecule has 12 nitrogen and oxygen atoms in total. The third-order valence-electron chi connectivity index (χ3n) is 10.9. The van der Waals surface area contributed by atoms with Gasteiger partial charge in [0, 0.05) is 55.9 Å². The Bertz CT molecular complexity index is 1550. The van der Waals surface area contributed by atoms with Gasteiger partial charge >= 0.3 is 11.9 Å². The number of likely N-dealkylation sites (N-methyl/N-ethyl adjacent to an activating group) is 1. The highest BCUT2D eigenvalue weighted by Gasteiger charge is 2.44. The fourth-order valence-electron chi connectivity index (χ4n) is 7.07. The first-order valence-corrected chi connectivity index (χ1v) is 19.3. The van der Waals surface area contributed by atoms with Crippen LogP contribution in [-0.4, -0.2) is 87.7 Å². The number of aromatic nitrogens is 1. The number of carbonyl (C=O) groups excluding carboxylic acids is 4. The second kappa shape index (κ2) is 18.8. The van der Waals surface area contributed by atoms with E-state index in [0.717, 1.165) is 31.4 Å². The van der Waals surface area contributed by atoms with Crippen molar-refractivity contribution in [3.63, 3.8) is 0 Å². The molecule has 0 saturated carbocycles. The summed E-state index contributed by atoms with van der Waals surface area (Å²) in [5, 5.41) is 14.5. The number of ketones is 1. The smallest absolute Gasteiger partial charge is 0.306 e. The van der Waals surface area contributed by atoms with Gasteiger partial charge in [0.25, 0.3) is 5.91 Å². The van der Waals surface area contributed by atoms with Gasteiger partial charge in [0.05, 0.1) is 11.5 Å². The number of aliphatic carboxylic acids is 1. The molecule has 2 heterocycles. The highest BCUT2D eigenvalue weighted by molar-refractivity contribution is 7.09. The molecule has 2 aromatic rings. The number of carboxylic acid groups (broad SMARTS) is 1. The summed E-state index contributed by atoms with van der Waals surface area (Å²) in [5.41, 5.74) is 6.86. The quantitative estimate of drug-likeness (QED) is 0.119. The van der Waals surface area contributed by atoms with Crippen molar-refractivity contribution in [1.82, 2.24) is 20.1 Å². The third kappa shape index (κ3) is 11.1. The largest absolute Gasteiger partial charge is 0.481 e. The highest BCUT2D eigenvalue weighted by atomic mass is 32.1. The van der Waals surface area contributed by atoms with E-state index >= 15 is 0 Å². The number of nitrogen functional groups attached to an aromatic ring is 1. The molecule has 288 valence electrons. The molecule has 0 unspecified atom stereocenters. The maximum atomic E-state index is 14.3. The molecule has 52 heavy (non-hydrogen) atoms. The van der Waals surface area contributed by atoms with Crippen LogP contribution in [0.5, 0.6) is 0 Å². The molecule has 3 rings (SSSR count). The lowest BCUT2D eigenvalue weighted by molar-refractivity contribution is -0.150. The molecule has 1 aliphatic rings. The number of rotatable bonds is 19. The summed E-state index contributed by atoms with van der Waals surface area (Å²) in [7, 11) is 3.72. The number of likely N-dealkylation sites (tertiary alicyclic amines) is 1. The molecule has 1 fully saturated rings. The Morgan fingerprint density at radius 1 is 1.12 bits per heavy atom. The van der Waals surface area contributed by atoms with Gasteiger partial charge in [0.2, 0.25) is 5.91 Å². The maximum Gasteiger partial charge on any atom is 0.306 e. The van der Waals surface area contributed by atoms with Gasteiger partial charge in [-0.1, -0.05) is 53.2 Å². The number of carbonyl (C=O) groups is 5. The summed E-state index contributed by atoms with van der Waals surface area (Å²) in [6.07, 6.45) is 2.63. The Labute approximate surface area is 312 Å². The van der Waals surface area contributed by atoms with Crippen LogP contribution < -0.4 is 11.1 Å². The molecule has 2 amide bonds. The Morgan fingerprint density at radius 2 is 1.77 bits per heavy atom. The van der Waals surface area contributed by atoms with E-state index in [1.54, 1.807) is 36.4 Å². The number of anilines is 1. The summed E-state index contributed by atoms with van der Waals surface area (Å²) < 4.78 is 5.78. The monoisotopic (exact) mass is 741 g/mol. The van der Waals surface area contributed by atoms with Crippen LogP contribution in [0, 0.1) is 23.7 Å². The minimum absolute atomic E-state index is 0.0198. The predicted molar refractivity (Wildman–Crippen MR) is 203 cm³/mol. The summed E-state index contributed by atoms with van der Waals surface area (Å²) >= 11 is 1.18. The van der Waals surface area contributed by atoms with E-state index in [2.05, 4.69) is 15.2 Å². The summed E-state index contributed by atoms with van der Waals surface area (Å²) in [4.78, 5) is 73.9. The number of esters is 1. The van der Waals surface area contributed by atoms with Gasteiger partial charge < -0.3 is 25.8 Å². The molecule has 0 spiro atoms. The van der Waals surface area contributed by atoms with Gasteiger partial charge in [0.15, 0.2) is 11.9 Å². The van der Waals surface area contributed by atoms with E-state index in [4.69, 9.17) is 10.5 Å². The normalized spacial score (nSPS) is 19.7. The van der Waals surface area contributed by atoms with Gasteiger partial charge in [-0.25, -0.2) is 4.98 Å². The molecule has 13 heteroatoms. The highest BCUT2D eigenvalue weighted by Crippen LogP contribution is 2.35. The Morgan fingerprint density at radius 3 is 2.31 bits per heavy atom. The SMILES string of the molecule is CC[C@H](C)[C@H](CC(=O)[C@@]1(C)CCCN1C)C(=O)N(C)[C@H](C[C@@H](OC(C)=O)c1nc(C(=O)N[C@@H](Cc2ccc(N)cc2)C[C@H](C)C(=O)O)cs1)C(C)C. The molecular weight excluding hydrogens is 683 g/mol. The zero-order valence-corrected chi connectivity index (χ0v) is 33.1. The molecule has 0 radical (unpaired) electrons. The Hall–Kier alpha value is -3.84. The first-order chi connectivity index (χ1) is 24.4. The van der Waals surface area contributed by atoms with Crippen molar-refractivity contribution < 1.29 is 33.8 Å². The standard InChI is InChI=1S/C39H59N5O7S/c1-10-24(4)30(20-34(46)39(7)16-11-17-43(39)8)37(48)44(9)32(23(2)3)21-33(51-26(6)45)36-42-31(22-52-36)35(47)41-29(18-25(5)38(49)50)19-27-12-14-28(40)15-13-27/h12-15,22-25,29-30,32-33H,10-11,16-21,40H2,1-9H3,(H,41,47)(H,49,50)/t24-,25-,29+,30-,32+,33+,39+/m0/s1. The number of Topliss-reactive ketones (excluding diaryl/α,β-unsaturated/α-hetero) is 1. The van der Waals surface area contributed by atoms with Crippen LogP contribution in [0.15, 0.2) is 29.6 Å². The molecule has 1 aliphatic heterocycles. The van der Waals surface area contributed by atoms with Crippen molar-refractivity contribution in [3.05, 3.63) is 45.9 Å². The number of hydrogen-bond acceptors (Lipinski definition) is 10. The van der Waals surface area contributed by atoms with Crippen LogP contribution in [0.2, 0.25) is 0 Å². The van der Waals surface area contributed by atoms with Gasteiger partial charge in [0.1, 0.15) is 10.7 Å². The van der Waals surface area contributed by atoms with Crippen LogP contribution in [0.4, 0.5) is 5.69 Å². The zero-order chi connectivity index (χ0) is 38.9. The average Bonchev–Trinajstić information content (AvgIpc) is 3.72. The Balaban J connectivity index is 1.83. The number of ether oxygens (including phenoxy) is 1. The third-order valence-corrected chi connectivity index (χ3v) is 11.9. The van der Waals surface area contributed by atoms with Crippen LogP contribution in [0.3, 0.4) is 0 Å². The van der Waals surface area contributed by atoms with E-state index in [1.807, 2.05) is 53.8 Å². The molecule has 7 atom stereocenters. The minimum Gasteiger partial charge on any atom is -0.481 e. The fourth-order valence-corrected chi connectivity index (χ4v) is 7.91. The number of thiazole rings is 1. The van der Waals surface area contributed by atoms with Gasteiger partial charge in [-0.2, -0.15) is 0 Å². The van der Waals surface area contributed by atoms with Crippen molar-refractivity contribution in [2.75, 3.05) is 26.4 Å². The average molecular weight is 742 g/mol. The predicted octanol–water partition coefficient (Wildman–Crippen LogP) is 5.76. The lowest BCUT2D eigenvalue weighted by atomic mass is 9.80. The lowest BCUT2D eigenvalue weighted by Crippen LogP contribution is -2.50. The number of nitrogens with one attached hydrogen (secondary N) is 1. The van der Waals surface area contributed by atoms with E-state index < -0.39 is 47.4 Å². The van der Waals surface area contributed by atoms with Crippen LogP contribution in [-0.2, 0) is 30.3 Å². The van der Waals surface area contributed by atoms with Crippen LogP contribution in [0.25, 0.3) is 0 Å². The molecular formula is C39H59N5O7S. The molecule has 4 N–H and O–H groups in total. The topological polar surface area (TPSA) is 172 Å². The van der Waals surface area contributed by atoms with Crippen molar-refractivity contribution in [1.29, 1.82) is 0 Å². The van der Waals surface area contributed by atoms with E-state index in [0.29, 0.717) is 17.1 Å². The van der Waals surface area contributed by atoms with Gasteiger partial charge in [-0.05, 0) is 75.7 Å². The van der Waals surface area contributed by atoms with E-state index in [9.17, 15) is 29.1 Å². The summed E-state index contributed by atoms with van der Waals surface area (Å²) in [6, 6.07) is 6.33. The van der Waals surface area contributed by atoms with Crippen molar-refractivity contribution in [2.45, 2.75) is 117 Å². The van der Waals surface area contributed by atoms with Crippen LogP contribution >= 0.6 is 11.3 Å². The van der Waals surface area contributed by atoms with Crippen molar-refractivity contribution in [3.8, 4) is 0 Å². The summed E-state index contributed by atoms with van der Waals surface area (Å²) in [6.45, 7) is 13.8. The molecule has 1 aromatic carbocycles. The Kier molecular flexibility index (Phi) is 15.4. The first-order valence-electron chi connectivity index (χ1n) is 18.4. The van der Waals surface area contributed by atoms with Gasteiger partial charge in [-0.15, -0.1) is 11.3 Å². The van der Waals surface area contributed by atoms with Gasteiger partial charge in [-0.3, -0.25) is 28.9 Å². The lowest BCUT2D eigenvalue weighted by Gasteiger charge is -2.38. The number of hydrogen-bond donors (Lipinski definition) is 3. The maximum absolute atomic E-state index is 14.3. The number of amides is 2. The number of nitrogens with zero attached hydrogens (tertiary/aromatic N) is 3. The van der Waals surface area contributed by atoms with Crippen molar-refractivity contribution in [2.24, 2.45) is 23.7 Å². The van der Waals surface area contributed by atoms with Crippen LogP contribution in [0.1, 0.15) is 114 Å². The number of carboxylic acids is 1. The number of benzene rings is 1.